The lowest BCUT2D eigenvalue weighted by Gasteiger charge is -2.10. The minimum absolute atomic E-state index is 0.570. The Morgan fingerprint density at radius 2 is 2.00 bits per heavy atom. The lowest BCUT2D eigenvalue weighted by Crippen LogP contribution is -2.19. The van der Waals surface area contributed by atoms with Crippen LogP contribution in [0.25, 0.3) is 0 Å². The molecule has 2 amide bonds. The van der Waals surface area contributed by atoms with Crippen LogP contribution in [0, 0.1) is 0 Å². The molecule has 2 aromatic carbocycles. The lowest BCUT2D eigenvalue weighted by atomic mass is 10.2. The van der Waals surface area contributed by atoms with Crippen molar-refractivity contribution in [1.82, 2.24) is 0 Å². The molecule has 0 saturated carbocycles. The molecule has 2 aromatic rings. The van der Waals surface area contributed by atoms with Crippen LogP contribution >= 0.6 is 11.6 Å². The minimum Gasteiger partial charge on any atom is -0.495 e. The lowest BCUT2D eigenvalue weighted by molar-refractivity contribution is 0.259. The first kappa shape index (κ1) is 15.0. The monoisotopic (exact) mass is 305 g/mol. The zero-order valence-electron chi connectivity index (χ0n) is 11.5. The van der Waals surface area contributed by atoms with Gasteiger partial charge in [0.05, 0.1) is 12.1 Å². The van der Waals surface area contributed by atoms with Crippen molar-refractivity contribution in [2.75, 3.05) is 17.7 Å². The molecule has 0 heterocycles. The zero-order valence-corrected chi connectivity index (χ0v) is 12.3. The third-order valence-electron chi connectivity index (χ3n) is 2.84. The molecule has 0 aromatic heterocycles. The fourth-order valence-corrected chi connectivity index (χ4v) is 2.15. The predicted octanol–water partition coefficient (Wildman–Crippen LogP) is 3.45. The highest BCUT2D eigenvalue weighted by molar-refractivity contribution is 6.32. The van der Waals surface area contributed by atoms with Gasteiger partial charge in [0.1, 0.15) is 5.75 Å². The summed E-state index contributed by atoms with van der Waals surface area (Å²) >= 11 is 6.08. The van der Waals surface area contributed by atoms with Gasteiger partial charge in [-0.2, -0.15) is 0 Å². The molecule has 0 atom stereocenters. The number of urea groups is 1. The summed E-state index contributed by atoms with van der Waals surface area (Å²) in [4.78, 5) is 10.8. The quantitative estimate of drug-likeness (QED) is 0.792. The maximum atomic E-state index is 10.8. The number of nitrogens with one attached hydrogen (secondary N) is 2. The number of carbonyl (C=O) groups excluding carboxylic acids is 1. The number of hydrogen-bond acceptors (Lipinski definition) is 3. The normalized spacial score (nSPS) is 10.0. The Morgan fingerprint density at radius 3 is 2.67 bits per heavy atom. The Bertz CT molecular complexity index is 647. The summed E-state index contributed by atoms with van der Waals surface area (Å²) in [5.74, 6) is 0.646. The number of anilines is 2. The first-order valence-corrected chi connectivity index (χ1v) is 6.69. The van der Waals surface area contributed by atoms with Crippen LogP contribution in [0.15, 0.2) is 42.5 Å². The smallest absolute Gasteiger partial charge is 0.316 e. The van der Waals surface area contributed by atoms with E-state index in [9.17, 15) is 4.79 Å². The van der Waals surface area contributed by atoms with Crippen molar-refractivity contribution in [3.8, 4) is 5.75 Å². The van der Waals surface area contributed by atoms with Gasteiger partial charge in [-0.15, -0.1) is 0 Å². The van der Waals surface area contributed by atoms with Crippen molar-refractivity contribution < 1.29 is 9.53 Å². The molecule has 4 N–H and O–H groups in total. The van der Waals surface area contributed by atoms with Crippen molar-refractivity contribution >= 4 is 29.0 Å². The Balaban J connectivity index is 2.02. The fraction of sp³-hybridized carbons (Fsp3) is 0.133. The van der Waals surface area contributed by atoms with Crippen LogP contribution in [0.1, 0.15) is 5.56 Å². The van der Waals surface area contributed by atoms with Gasteiger partial charge in [-0.1, -0.05) is 23.7 Å². The molecule has 2 rings (SSSR count). The van der Waals surface area contributed by atoms with Crippen LogP contribution in [0.5, 0.6) is 5.75 Å². The van der Waals surface area contributed by atoms with Gasteiger partial charge in [-0.05, 0) is 35.9 Å². The summed E-state index contributed by atoms with van der Waals surface area (Å²) in [5.41, 5.74) is 7.62. The molecule has 0 radical (unpaired) electrons. The summed E-state index contributed by atoms with van der Waals surface area (Å²) in [6, 6.07) is 12.3. The van der Waals surface area contributed by atoms with Gasteiger partial charge in [0, 0.05) is 17.9 Å². The Labute approximate surface area is 128 Å². The minimum atomic E-state index is -0.589. The van der Waals surface area contributed by atoms with Crippen molar-refractivity contribution in [3.63, 3.8) is 0 Å². The fourth-order valence-electron chi connectivity index (χ4n) is 1.87. The number of amides is 2. The highest BCUT2D eigenvalue weighted by atomic mass is 35.5. The van der Waals surface area contributed by atoms with E-state index in [1.807, 2.05) is 30.3 Å². The van der Waals surface area contributed by atoms with Gasteiger partial charge in [0.25, 0.3) is 0 Å². The molecule has 5 nitrogen and oxygen atoms in total. The largest absolute Gasteiger partial charge is 0.495 e. The molecule has 0 aliphatic carbocycles. The van der Waals surface area contributed by atoms with Gasteiger partial charge in [-0.3, -0.25) is 0 Å². The van der Waals surface area contributed by atoms with Gasteiger partial charge in [0.15, 0.2) is 0 Å². The number of ether oxygens (including phenoxy) is 1. The van der Waals surface area contributed by atoms with E-state index in [2.05, 4.69) is 10.6 Å². The average Bonchev–Trinajstić information content (AvgIpc) is 2.45. The van der Waals surface area contributed by atoms with E-state index in [4.69, 9.17) is 22.1 Å². The number of primary amides is 1. The highest BCUT2D eigenvalue weighted by Gasteiger charge is 2.02. The number of hydrogen-bond donors (Lipinski definition) is 3. The average molecular weight is 306 g/mol. The van der Waals surface area contributed by atoms with Crippen LogP contribution in [-0.2, 0) is 6.54 Å². The van der Waals surface area contributed by atoms with Gasteiger partial charge in [0.2, 0.25) is 0 Å². The van der Waals surface area contributed by atoms with Crippen LogP contribution in [0.3, 0.4) is 0 Å². The van der Waals surface area contributed by atoms with Gasteiger partial charge < -0.3 is 21.1 Å². The molecular weight excluding hydrogens is 290 g/mol. The molecule has 110 valence electrons. The van der Waals surface area contributed by atoms with E-state index >= 15 is 0 Å². The number of halogens is 1. The number of carbonyl (C=O) groups is 1. The Morgan fingerprint density at radius 1 is 1.24 bits per heavy atom. The van der Waals surface area contributed by atoms with Gasteiger partial charge in [-0.25, -0.2) is 4.79 Å². The van der Waals surface area contributed by atoms with Crippen molar-refractivity contribution in [2.24, 2.45) is 5.73 Å². The summed E-state index contributed by atoms with van der Waals surface area (Å²) in [7, 11) is 1.58. The predicted molar refractivity (Wildman–Crippen MR) is 85.0 cm³/mol. The SMILES string of the molecule is COc1ccc(CNc2cccc(NC(N)=O)c2)cc1Cl. The van der Waals surface area contributed by atoms with Crippen LogP contribution in [0.4, 0.5) is 16.2 Å². The molecule has 0 spiro atoms. The Hall–Kier alpha value is -2.40. The second kappa shape index (κ2) is 6.85. The Kier molecular flexibility index (Phi) is 4.90. The molecular formula is C15H16ClN3O2. The second-order valence-electron chi connectivity index (χ2n) is 4.39. The molecule has 6 heteroatoms. The van der Waals surface area contributed by atoms with Crippen LogP contribution in [0.2, 0.25) is 5.02 Å². The van der Waals surface area contributed by atoms with E-state index in [0.29, 0.717) is 23.0 Å². The molecule has 0 aliphatic heterocycles. The van der Waals surface area contributed by atoms with E-state index in [1.54, 1.807) is 19.2 Å². The first-order chi connectivity index (χ1) is 10.1. The number of nitrogens with two attached hydrogens (primary N) is 1. The highest BCUT2D eigenvalue weighted by Crippen LogP contribution is 2.25. The maximum Gasteiger partial charge on any atom is 0.316 e. The van der Waals surface area contributed by atoms with E-state index in [1.165, 1.54) is 0 Å². The molecule has 0 fully saturated rings. The molecule has 21 heavy (non-hydrogen) atoms. The third kappa shape index (κ3) is 4.29. The standard InChI is InChI=1S/C15H16ClN3O2/c1-21-14-6-5-10(7-13(14)16)9-18-11-3-2-4-12(8-11)19-15(17)20/h2-8,18H,9H2,1H3,(H3,17,19,20). The number of rotatable bonds is 5. The number of methoxy groups -OCH3 is 1. The van der Waals surface area contributed by atoms with E-state index in [0.717, 1.165) is 11.3 Å². The van der Waals surface area contributed by atoms with Crippen LogP contribution < -0.4 is 21.1 Å². The van der Waals surface area contributed by atoms with E-state index < -0.39 is 6.03 Å². The molecule has 0 saturated heterocycles. The summed E-state index contributed by atoms with van der Waals surface area (Å²) in [5, 5.41) is 6.35. The van der Waals surface area contributed by atoms with E-state index in [-0.39, 0.29) is 0 Å². The van der Waals surface area contributed by atoms with Crippen molar-refractivity contribution in [3.05, 3.63) is 53.1 Å². The molecule has 0 unspecified atom stereocenters. The molecule has 0 bridgehead atoms. The molecule has 0 aliphatic rings. The first-order valence-electron chi connectivity index (χ1n) is 6.31. The summed E-state index contributed by atoms with van der Waals surface area (Å²) < 4.78 is 5.11. The van der Waals surface area contributed by atoms with Crippen molar-refractivity contribution in [2.45, 2.75) is 6.54 Å². The second-order valence-corrected chi connectivity index (χ2v) is 4.80. The van der Waals surface area contributed by atoms with Crippen LogP contribution in [-0.4, -0.2) is 13.1 Å². The zero-order chi connectivity index (χ0) is 15.2. The van der Waals surface area contributed by atoms with Gasteiger partial charge >= 0.3 is 6.03 Å². The summed E-state index contributed by atoms with van der Waals surface area (Å²) in [6.45, 7) is 0.601. The summed E-state index contributed by atoms with van der Waals surface area (Å²) in [6.07, 6.45) is 0. The number of benzene rings is 2. The maximum absolute atomic E-state index is 10.8. The topological polar surface area (TPSA) is 76.4 Å². The van der Waals surface area contributed by atoms with Crippen molar-refractivity contribution in [1.29, 1.82) is 0 Å². The third-order valence-corrected chi connectivity index (χ3v) is 3.14.